The lowest BCUT2D eigenvalue weighted by Gasteiger charge is -2.36. The topological polar surface area (TPSA) is 29.0 Å². The van der Waals surface area contributed by atoms with Gasteiger partial charge in [-0.05, 0) is 37.8 Å². The van der Waals surface area contributed by atoms with Crippen LogP contribution in [0.15, 0.2) is 12.1 Å². The predicted octanol–water partition coefficient (Wildman–Crippen LogP) is 3.48. The van der Waals surface area contributed by atoms with Crippen LogP contribution >= 0.6 is 11.6 Å². The Morgan fingerprint density at radius 2 is 2.05 bits per heavy atom. The predicted molar refractivity (Wildman–Crippen MR) is 67.4 cm³/mol. The lowest BCUT2D eigenvalue weighted by Crippen LogP contribution is -2.40. The van der Waals surface area contributed by atoms with Gasteiger partial charge < -0.3 is 4.90 Å². The molecule has 19 heavy (non-hydrogen) atoms. The summed E-state index contributed by atoms with van der Waals surface area (Å²) in [6, 6.07) is 2.62. The fourth-order valence-corrected chi connectivity index (χ4v) is 2.61. The first kappa shape index (κ1) is 14.4. The molecule has 0 bridgehead atoms. The third-order valence-electron chi connectivity index (χ3n) is 3.30. The number of anilines is 1. The SMILES string of the molecule is FC(F)(F)c1ccc(N2CCCCC2CCCl)nn1. The highest BCUT2D eigenvalue weighted by Crippen LogP contribution is 2.29. The van der Waals surface area contributed by atoms with Crippen LogP contribution in [-0.2, 0) is 6.18 Å². The zero-order valence-electron chi connectivity index (χ0n) is 10.3. The summed E-state index contributed by atoms with van der Waals surface area (Å²) in [4.78, 5) is 2.01. The van der Waals surface area contributed by atoms with Crippen LogP contribution in [0.2, 0.25) is 0 Å². The Labute approximate surface area is 114 Å². The van der Waals surface area contributed by atoms with E-state index in [1.165, 1.54) is 6.07 Å². The van der Waals surface area contributed by atoms with E-state index >= 15 is 0 Å². The molecule has 2 heterocycles. The van der Waals surface area contributed by atoms with E-state index in [4.69, 9.17) is 11.6 Å². The summed E-state index contributed by atoms with van der Waals surface area (Å²) in [7, 11) is 0. The van der Waals surface area contributed by atoms with Crippen molar-refractivity contribution in [1.29, 1.82) is 0 Å². The van der Waals surface area contributed by atoms with Crippen molar-refractivity contribution in [1.82, 2.24) is 10.2 Å². The summed E-state index contributed by atoms with van der Waals surface area (Å²) in [5.41, 5.74) is -0.956. The first-order valence-electron chi connectivity index (χ1n) is 6.26. The molecule has 1 aromatic rings. The lowest BCUT2D eigenvalue weighted by molar-refractivity contribution is -0.141. The Morgan fingerprint density at radius 3 is 2.63 bits per heavy atom. The van der Waals surface area contributed by atoms with Gasteiger partial charge in [0.2, 0.25) is 0 Å². The molecule has 1 fully saturated rings. The molecule has 1 aromatic heterocycles. The molecular weight excluding hydrogens is 279 g/mol. The van der Waals surface area contributed by atoms with E-state index in [0.29, 0.717) is 11.7 Å². The summed E-state index contributed by atoms with van der Waals surface area (Å²) in [5, 5.41) is 6.98. The Bertz CT molecular complexity index is 406. The van der Waals surface area contributed by atoms with Crippen LogP contribution in [0.25, 0.3) is 0 Å². The van der Waals surface area contributed by atoms with E-state index in [9.17, 15) is 13.2 Å². The molecule has 106 valence electrons. The van der Waals surface area contributed by atoms with Gasteiger partial charge in [-0.3, -0.25) is 0 Å². The van der Waals surface area contributed by atoms with E-state index < -0.39 is 11.9 Å². The zero-order valence-corrected chi connectivity index (χ0v) is 11.1. The molecule has 2 rings (SSSR count). The number of alkyl halides is 4. The third kappa shape index (κ3) is 3.49. The molecule has 7 heteroatoms. The minimum atomic E-state index is -4.44. The summed E-state index contributed by atoms with van der Waals surface area (Å²) >= 11 is 5.76. The van der Waals surface area contributed by atoms with E-state index in [2.05, 4.69) is 10.2 Å². The van der Waals surface area contributed by atoms with Crippen molar-refractivity contribution in [3.05, 3.63) is 17.8 Å². The number of piperidine rings is 1. The van der Waals surface area contributed by atoms with Crippen molar-refractivity contribution in [2.75, 3.05) is 17.3 Å². The normalized spacial score (nSPS) is 20.6. The van der Waals surface area contributed by atoms with Crippen LogP contribution in [0, 0.1) is 0 Å². The number of aromatic nitrogens is 2. The van der Waals surface area contributed by atoms with Crippen LogP contribution < -0.4 is 4.90 Å². The van der Waals surface area contributed by atoms with Crippen molar-refractivity contribution in [2.24, 2.45) is 0 Å². The van der Waals surface area contributed by atoms with E-state index in [0.717, 1.165) is 38.3 Å². The van der Waals surface area contributed by atoms with Gasteiger partial charge in [0, 0.05) is 18.5 Å². The van der Waals surface area contributed by atoms with Crippen LogP contribution in [0.5, 0.6) is 0 Å². The first-order chi connectivity index (χ1) is 9.02. The molecule has 1 atom stereocenters. The smallest absolute Gasteiger partial charge is 0.352 e. The average Bonchev–Trinajstić information content (AvgIpc) is 2.39. The molecule has 1 aliphatic heterocycles. The van der Waals surface area contributed by atoms with Gasteiger partial charge in [0.15, 0.2) is 11.5 Å². The van der Waals surface area contributed by atoms with Gasteiger partial charge in [0.1, 0.15) is 0 Å². The highest BCUT2D eigenvalue weighted by molar-refractivity contribution is 6.17. The van der Waals surface area contributed by atoms with Crippen molar-refractivity contribution < 1.29 is 13.2 Å². The van der Waals surface area contributed by atoms with Crippen LogP contribution in [0.3, 0.4) is 0 Å². The Hall–Kier alpha value is -1.04. The summed E-state index contributed by atoms with van der Waals surface area (Å²) in [5.74, 6) is 1.04. The fraction of sp³-hybridized carbons (Fsp3) is 0.667. The number of hydrogen-bond acceptors (Lipinski definition) is 3. The standard InChI is InChI=1S/C12H15ClF3N3/c13-7-6-9-3-1-2-8-19(9)11-5-4-10(17-18-11)12(14,15)16/h4-5,9H,1-3,6-8H2. The number of halogens is 4. The number of hydrogen-bond donors (Lipinski definition) is 0. The van der Waals surface area contributed by atoms with Gasteiger partial charge in [-0.25, -0.2) is 0 Å². The second-order valence-electron chi connectivity index (χ2n) is 4.60. The maximum absolute atomic E-state index is 12.4. The van der Waals surface area contributed by atoms with E-state index in [-0.39, 0.29) is 6.04 Å². The van der Waals surface area contributed by atoms with Crippen molar-refractivity contribution in [3.63, 3.8) is 0 Å². The molecule has 0 saturated carbocycles. The quantitative estimate of drug-likeness (QED) is 0.799. The molecule has 1 aliphatic rings. The lowest BCUT2D eigenvalue weighted by atomic mass is 10.00. The maximum atomic E-state index is 12.4. The highest BCUT2D eigenvalue weighted by Gasteiger charge is 2.33. The first-order valence-corrected chi connectivity index (χ1v) is 6.79. The molecule has 0 spiro atoms. The fourth-order valence-electron chi connectivity index (χ4n) is 2.36. The maximum Gasteiger partial charge on any atom is 0.435 e. The molecule has 0 radical (unpaired) electrons. The second-order valence-corrected chi connectivity index (χ2v) is 4.97. The van der Waals surface area contributed by atoms with E-state index in [1.807, 2.05) is 4.90 Å². The van der Waals surface area contributed by atoms with Gasteiger partial charge in [0.25, 0.3) is 0 Å². The van der Waals surface area contributed by atoms with Gasteiger partial charge in [-0.1, -0.05) is 0 Å². The van der Waals surface area contributed by atoms with Gasteiger partial charge in [-0.15, -0.1) is 21.8 Å². The molecule has 0 aliphatic carbocycles. The van der Waals surface area contributed by atoms with Crippen molar-refractivity contribution in [2.45, 2.75) is 37.9 Å². The zero-order chi connectivity index (χ0) is 13.9. The summed E-state index contributed by atoms with van der Waals surface area (Å²) in [6.07, 6.45) is -0.504. The molecular formula is C12H15ClF3N3. The molecule has 0 aromatic carbocycles. The third-order valence-corrected chi connectivity index (χ3v) is 3.52. The largest absolute Gasteiger partial charge is 0.435 e. The summed E-state index contributed by atoms with van der Waals surface area (Å²) < 4.78 is 37.3. The average molecular weight is 294 g/mol. The van der Waals surface area contributed by atoms with E-state index in [1.54, 1.807) is 0 Å². The Kier molecular flexibility index (Phi) is 4.50. The van der Waals surface area contributed by atoms with Crippen molar-refractivity contribution in [3.8, 4) is 0 Å². The Balaban J connectivity index is 2.15. The van der Waals surface area contributed by atoms with Crippen LogP contribution in [0.1, 0.15) is 31.4 Å². The molecule has 0 amide bonds. The van der Waals surface area contributed by atoms with Crippen LogP contribution in [0.4, 0.5) is 19.0 Å². The van der Waals surface area contributed by atoms with Gasteiger partial charge in [-0.2, -0.15) is 13.2 Å². The minimum Gasteiger partial charge on any atom is -0.352 e. The molecule has 3 nitrogen and oxygen atoms in total. The Morgan fingerprint density at radius 1 is 1.26 bits per heavy atom. The number of nitrogens with zero attached hydrogens (tertiary/aromatic N) is 3. The molecule has 1 saturated heterocycles. The van der Waals surface area contributed by atoms with Gasteiger partial charge >= 0.3 is 6.18 Å². The van der Waals surface area contributed by atoms with Crippen LogP contribution in [-0.4, -0.2) is 28.7 Å². The highest BCUT2D eigenvalue weighted by atomic mass is 35.5. The minimum absolute atomic E-state index is 0.247. The van der Waals surface area contributed by atoms with Crippen molar-refractivity contribution >= 4 is 17.4 Å². The monoisotopic (exact) mass is 293 g/mol. The number of rotatable bonds is 3. The molecule has 1 unspecified atom stereocenters. The molecule has 0 N–H and O–H groups in total. The summed E-state index contributed by atoms with van der Waals surface area (Å²) in [6.45, 7) is 0.793. The second kappa shape index (κ2) is 5.94. The van der Waals surface area contributed by atoms with Gasteiger partial charge in [0.05, 0.1) is 0 Å².